The lowest BCUT2D eigenvalue weighted by atomic mass is 10.2. The highest BCUT2D eigenvalue weighted by atomic mass is 32.2. The summed E-state index contributed by atoms with van der Waals surface area (Å²) in [6.07, 6.45) is -2.66. The monoisotopic (exact) mass is 590 g/mol. The maximum Gasteiger partial charge on any atom is 0.445 e. The molecule has 2 aromatic heterocycles. The summed E-state index contributed by atoms with van der Waals surface area (Å²) in [5.74, 6) is 0.306. The zero-order chi connectivity index (χ0) is 29.2. The Kier molecular flexibility index (Phi) is 12.1. The van der Waals surface area contributed by atoms with Gasteiger partial charge in [0.2, 0.25) is 16.9 Å². The van der Waals surface area contributed by atoms with Crippen molar-refractivity contribution in [2.75, 3.05) is 34.9 Å². The standard InChI is InChI=1S/C14H13F4N3O2S.C9H17N5S/c1-8(2)21(10-5-3-9(15)4-6-10)11(22)7-23-13-20-19-12(24-13)14(16,17)18;1-5-10-7-12-8(11-6(2)3)14-9(13-7)15-4/h3-6,8H,7H2,1-2H3;6H,5H2,1-4H3,(H2,10,11,12,13,14). The van der Waals surface area contributed by atoms with Crippen LogP contribution in [0.5, 0.6) is 5.19 Å². The van der Waals surface area contributed by atoms with Crippen LogP contribution >= 0.6 is 23.1 Å². The molecule has 0 unspecified atom stereocenters. The Balaban J connectivity index is 0.000000306. The molecule has 0 spiro atoms. The van der Waals surface area contributed by atoms with Crippen LogP contribution in [0.3, 0.4) is 0 Å². The topological polar surface area (TPSA) is 118 Å². The molecule has 1 amide bonds. The molecule has 0 aliphatic heterocycles. The first-order valence-electron chi connectivity index (χ1n) is 11.8. The van der Waals surface area contributed by atoms with Gasteiger partial charge < -0.3 is 20.3 Å². The third-order valence-electron chi connectivity index (χ3n) is 4.41. The predicted octanol–water partition coefficient (Wildman–Crippen LogP) is 5.36. The van der Waals surface area contributed by atoms with Gasteiger partial charge in [0.1, 0.15) is 5.82 Å². The second-order valence-corrected chi connectivity index (χ2v) is 10.0. The van der Waals surface area contributed by atoms with E-state index in [2.05, 4.69) is 49.6 Å². The maximum absolute atomic E-state index is 13.0. The lowest BCUT2D eigenvalue weighted by molar-refractivity contribution is -0.138. The smallest absolute Gasteiger partial charge is 0.445 e. The summed E-state index contributed by atoms with van der Waals surface area (Å²) in [7, 11) is 0. The Morgan fingerprint density at radius 2 is 1.72 bits per heavy atom. The molecule has 0 atom stereocenters. The number of carbonyl (C=O) groups is 1. The Labute approximate surface area is 232 Å². The number of alkyl halides is 3. The fraction of sp³-hybridized carbons (Fsp3) is 0.478. The molecule has 3 aromatic rings. The first kappa shape index (κ1) is 31.9. The van der Waals surface area contributed by atoms with E-state index in [-0.39, 0.29) is 22.6 Å². The maximum atomic E-state index is 13.0. The summed E-state index contributed by atoms with van der Waals surface area (Å²) in [5.41, 5.74) is 0.452. The second kappa shape index (κ2) is 14.8. The molecule has 10 nitrogen and oxygen atoms in total. The molecule has 39 heavy (non-hydrogen) atoms. The Hall–Kier alpha value is -3.27. The van der Waals surface area contributed by atoms with Crippen molar-refractivity contribution < 1.29 is 27.1 Å². The van der Waals surface area contributed by atoms with E-state index < -0.39 is 29.5 Å². The van der Waals surface area contributed by atoms with Crippen molar-refractivity contribution >= 4 is 46.6 Å². The van der Waals surface area contributed by atoms with E-state index in [1.54, 1.807) is 13.8 Å². The highest BCUT2D eigenvalue weighted by Crippen LogP contribution is 2.34. The zero-order valence-corrected chi connectivity index (χ0v) is 23.8. The first-order valence-corrected chi connectivity index (χ1v) is 13.8. The minimum Gasteiger partial charge on any atom is -0.459 e. The van der Waals surface area contributed by atoms with Gasteiger partial charge in [0.05, 0.1) is 0 Å². The number of amides is 1. The van der Waals surface area contributed by atoms with Gasteiger partial charge >= 0.3 is 6.18 Å². The number of thioether (sulfide) groups is 1. The number of halogens is 4. The van der Waals surface area contributed by atoms with E-state index in [0.29, 0.717) is 23.6 Å². The van der Waals surface area contributed by atoms with Gasteiger partial charge in [-0.2, -0.15) is 28.1 Å². The number of aromatic nitrogens is 5. The van der Waals surface area contributed by atoms with E-state index in [4.69, 9.17) is 4.74 Å². The first-order chi connectivity index (χ1) is 18.3. The number of hydrogen-bond donors (Lipinski definition) is 2. The molecule has 3 rings (SSSR count). The fourth-order valence-electron chi connectivity index (χ4n) is 2.92. The van der Waals surface area contributed by atoms with Gasteiger partial charge in [0.25, 0.3) is 11.1 Å². The molecule has 0 radical (unpaired) electrons. The van der Waals surface area contributed by atoms with Crippen LogP contribution in [0.1, 0.15) is 39.6 Å². The minimum absolute atomic E-state index is 0.210. The van der Waals surface area contributed by atoms with Crippen LogP contribution in [-0.4, -0.2) is 62.5 Å². The van der Waals surface area contributed by atoms with Crippen molar-refractivity contribution in [3.63, 3.8) is 0 Å². The van der Waals surface area contributed by atoms with E-state index in [9.17, 15) is 22.4 Å². The van der Waals surface area contributed by atoms with Crippen LogP contribution < -0.4 is 20.3 Å². The molecule has 0 aliphatic carbocycles. The highest BCUT2D eigenvalue weighted by Gasteiger charge is 2.36. The molecular formula is C23H30F4N8O2S2. The number of ether oxygens (including phenoxy) is 1. The molecule has 0 saturated heterocycles. The summed E-state index contributed by atoms with van der Waals surface area (Å²) in [5, 5.41) is 11.7. The fourth-order valence-corrected chi connectivity index (χ4v) is 3.83. The van der Waals surface area contributed by atoms with Crippen molar-refractivity contribution in [1.29, 1.82) is 0 Å². The molecule has 2 N–H and O–H groups in total. The molecule has 1 aromatic carbocycles. The highest BCUT2D eigenvalue weighted by molar-refractivity contribution is 7.98. The average Bonchev–Trinajstić information content (AvgIpc) is 3.34. The largest absolute Gasteiger partial charge is 0.459 e. The Morgan fingerprint density at radius 1 is 1.08 bits per heavy atom. The van der Waals surface area contributed by atoms with E-state index in [1.807, 2.05) is 13.2 Å². The third kappa shape index (κ3) is 10.4. The normalized spacial score (nSPS) is 11.2. The van der Waals surface area contributed by atoms with Crippen LogP contribution in [0.15, 0.2) is 29.4 Å². The van der Waals surface area contributed by atoms with Crippen LogP contribution in [0.4, 0.5) is 35.1 Å². The quantitative estimate of drug-likeness (QED) is 0.236. The van der Waals surface area contributed by atoms with Gasteiger partial charge in [-0.15, -0.1) is 5.10 Å². The molecule has 0 fully saturated rings. The number of nitrogens with one attached hydrogen (secondary N) is 2. The van der Waals surface area contributed by atoms with Crippen LogP contribution in [-0.2, 0) is 11.0 Å². The molecule has 0 bridgehead atoms. The van der Waals surface area contributed by atoms with E-state index >= 15 is 0 Å². The van der Waals surface area contributed by atoms with E-state index in [0.717, 1.165) is 11.7 Å². The third-order valence-corrected chi connectivity index (χ3v) is 5.84. The van der Waals surface area contributed by atoms with Gasteiger partial charge in [-0.1, -0.05) is 28.2 Å². The van der Waals surface area contributed by atoms with Crippen LogP contribution in [0.2, 0.25) is 0 Å². The average molecular weight is 591 g/mol. The number of anilines is 3. The summed E-state index contributed by atoms with van der Waals surface area (Å²) >= 11 is 1.72. The van der Waals surface area contributed by atoms with Crippen LogP contribution in [0, 0.1) is 5.82 Å². The molecule has 214 valence electrons. The lowest BCUT2D eigenvalue weighted by Crippen LogP contribution is -2.40. The lowest BCUT2D eigenvalue weighted by Gasteiger charge is -2.26. The summed E-state index contributed by atoms with van der Waals surface area (Å²) in [6.45, 7) is 9.89. The second-order valence-electron chi connectivity index (χ2n) is 8.29. The van der Waals surface area contributed by atoms with Crippen molar-refractivity contribution in [1.82, 2.24) is 25.1 Å². The molecule has 2 heterocycles. The number of nitrogens with zero attached hydrogens (tertiary/aromatic N) is 6. The zero-order valence-electron chi connectivity index (χ0n) is 22.2. The molecule has 0 aliphatic rings. The van der Waals surface area contributed by atoms with Gasteiger partial charge in [-0.05, 0) is 65.1 Å². The summed E-state index contributed by atoms with van der Waals surface area (Å²) < 4.78 is 55.3. The molecule has 16 heteroatoms. The number of carbonyl (C=O) groups excluding carboxylic acids is 1. The minimum atomic E-state index is -4.61. The van der Waals surface area contributed by atoms with Gasteiger partial charge in [-0.25, -0.2) is 4.39 Å². The van der Waals surface area contributed by atoms with Crippen molar-refractivity contribution in [2.45, 2.75) is 58.0 Å². The Morgan fingerprint density at radius 3 is 2.23 bits per heavy atom. The van der Waals surface area contributed by atoms with Crippen molar-refractivity contribution in [2.24, 2.45) is 0 Å². The SMILES string of the molecule is CC(C)N(C(=O)COc1nnc(C(F)(F)F)s1)c1ccc(F)cc1.CCNc1nc(NC(C)C)nc(SC)n1. The van der Waals surface area contributed by atoms with Crippen molar-refractivity contribution in [3.05, 3.63) is 35.1 Å². The van der Waals surface area contributed by atoms with Crippen molar-refractivity contribution in [3.8, 4) is 5.19 Å². The number of benzene rings is 1. The predicted molar refractivity (Wildman–Crippen MR) is 144 cm³/mol. The van der Waals surface area contributed by atoms with Crippen LogP contribution in [0.25, 0.3) is 0 Å². The number of rotatable bonds is 10. The van der Waals surface area contributed by atoms with Gasteiger partial charge in [0, 0.05) is 24.3 Å². The number of hydrogen-bond acceptors (Lipinski definition) is 11. The van der Waals surface area contributed by atoms with Gasteiger partial charge in [-0.3, -0.25) is 4.79 Å². The Bertz CT molecular complexity index is 1190. The van der Waals surface area contributed by atoms with E-state index in [1.165, 1.54) is 40.9 Å². The molecule has 0 saturated carbocycles. The molecular weight excluding hydrogens is 560 g/mol. The summed E-state index contributed by atoms with van der Waals surface area (Å²) in [6, 6.07) is 5.33. The summed E-state index contributed by atoms with van der Waals surface area (Å²) in [4.78, 5) is 26.4. The van der Waals surface area contributed by atoms with Gasteiger partial charge in [0.15, 0.2) is 11.8 Å².